The molecular weight excluding hydrogens is 516 g/mol. The average molecular weight is 557 g/mol. The predicted octanol–water partition coefficient (Wildman–Crippen LogP) is 3.45. The van der Waals surface area contributed by atoms with E-state index in [9.17, 15) is 8.42 Å². The van der Waals surface area contributed by atoms with Gasteiger partial charge in [-0.1, -0.05) is 17.7 Å². The van der Waals surface area contributed by atoms with Crippen LogP contribution in [0.2, 0.25) is 0 Å². The minimum absolute atomic E-state index is 0.226. The zero-order chi connectivity index (χ0) is 28.0. The van der Waals surface area contributed by atoms with Crippen LogP contribution in [-0.2, 0) is 16.6 Å². The van der Waals surface area contributed by atoms with Gasteiger partial charge in [0.1, 0.15) is 0 Å². The topological polar surface area (TPSA) is 85.3 Å². The molecule has 10 heteroatoms. The van der Waals surface area contributed by atoms with Crippen LogP contribution in [0.3, 0.4) is 0 Å². The summed E-state index contributed by atoms with van der Waals surface area (Å²) in [4.78, 5) is 5.08. The second-order valence-corrected chi connectivity index (χ2v) is 11.8. The number of nitrogens with one attached hydrogen (secondary N) is 1. The molecule has 9 nitrogen and oxygen atoms in total. The number of aromatic nitrogens is 1. The molecule has 0 amide bonds. The van der Waals surface area contributed by atoms with Crippen LogP contribution in [0.25, 0.3) is 11.3 Å². The third-order valence-corrected chi connectivity index (χ3v) is 8.82. The van der Waals surface area contributed by atoms with Crippen LogP contribution >= 0.6 is 0 Å². The third kappa shape index (κ3) is 6.75. The van der Waals surface area contributed by atoms with Gasteiger partial charge in [0.2, 0.25) is 5.75 Å². The Morgan fingerprint density at radius 2 is 1.54 bits per heavy atom. The van der Waals surface area contributed by atoms with Crippen molar-refractivity contribution in [2.75, 3.05) is 67.6 Å². The lowest BCUT2D eigenvalue weighted by Crippen LogP contribution is -2.45. The first kappa shape index (κ1) is 28.9. The van der Waals surface area contributed by atoms with Gasteiger partial charge in [0.25, 0.3) is 10.0 Å². The standard InChI is InChI=1S/C29H40N4O5S/c1-22-7-9-25(10-8-22)39(34,35)33-21-23(20-30-11-6-12-32-15-13-31(2)14-16-32)17-26(33)24-18-27(36-3)29(38-5)28(19-24)37-4/h7-10,17-19,21,30H,6,11-16,20H2,1-5H3. The number of rotatable bonds is 12. The van der Waals surface area contributed by atoms with Crippen LogP contribution in [0.1, 0.15) is 17.5 Å². The molecule has 0 atom stereocenters. The monoisotopic (exact) mass is 556 g/mol. The van der Waals surface area contributed by atoms with E-state index < -0.39 is 10.0 Å². The smallest absolute Gasteiger partial charge is 0.268 e. The number of ether oxygens (including phenoxy) is 3. The first-order valence-corrected chi connectivity index (χ1v) is 14.7. The van der Waals surface area contributed by atoms with Crippen LogP contribution < -0.4 is 19.5 Å². The van der Waals surface area contributed by atoms with Gasteiger partial charge in [-0.15, -0.1) is 0 Å². The van der Waals surface area contributed by atoms with E-state index >= 15 is 0 Å². The fourth-order valence-corrected chi connectivity index (χ4v) is 6.19. The maximum Gasteiger partial charge on any atom is 0.268 e. The van der Waals surface area contributed by atoms with Crippen LogP contribution in [0.4, 0.5) is 0 Å². The molecule has 1 aliphatic heterocycles. The summed E-state index contributed by atoms with van der Waals surface area (Å²) < 4.78 is 45.5. The molecule has 1 aromatic heterocycles. The third-order valence-electron chi connectivity index (χ3n) is 7.13. The Balaban J connectivity index is 1.60. The van der Waals surface area contributed by atoms with Crippen LogP contribution in [-0.4, -0.2) is 89.8 Å². The first-order valence-electron chi connectivity index (χ1n) is 13.2. The summed E-state index contributed by atoms with van der Waals surface area (Å²) in [7, 11) is 2.93. The van der Waals surface area contributed by atoms with Crippen molar-refractivity contribution in [3.05, 3.63) is 59.8 Å². The molecule has 0 bridgehead atoms. The largest absolute Gasteiger partial charge is 0.493 e. The second-order valence-electron chi connectivity index (χ2n) is 9.94. The molecule has 1 saturated heterocycles. The number of hydrogen-bond donors (Lipinski definition) is 1. The predicted molar refractivity (Wildman–Crippen MR) is 154 cm³/mol. The Labute approximate surface area is 232 Å². The number of piperazine rings is 1. The van der Waals surface area contributed by atoms with Gasteiger partial charge >= 0.3 is 0 Å². The molecule has 4 rings (SSSR count). The lowest BCUT2D eigenvalue weighted by Gasteiger charge is -2.32. The van der Waals surface area contributed by atoms with Crippen molar-refractivity contribution >= 4 is 10.0 Å². The Bertz CT molecular complexity index is 1320. The van der Waals surface area contributed by atoms with Gasteiger partial charge < -0.3 is 29.3 Å². The first-order chi connectivity index (χ1) is 18.8. The summed E-state index contributed by atoms with van der Waals surface area (Å²) in [6.45, 7) is 8.82. The average Bonchev–Trinajstić information content (AvgIpc) is 3.38. The van der Waals surface area contributed by atoms with Gasteiger partial charge in [0, 0.05) is 44.5 Å². The number of aryl methyl sites for hydroxylation is 1. The van der Waals surface area contributed by atoms with Gasteiger partial charge in [-0.25, -0.2) is 12.4 Å². The van der Waals surface area contributed by atoms with Gasteiger partial charge in [-0.05, 0) is 69.4 Å². The summed E-state index contributed by atoms with van der Waals surface area (Å²) in [5, 5.41) is 3.49. The lowest BCUT2D eigenvalue weighted by molar-refractivity contribution is 0.153. The zero-order valence-corrected chi connectivity index (χ0v) is 24.4. The van der Waals surface area contributed by atoms with Crippen LogP contribution in [0.15, 0.2) is 53.6 Å². The Morgan fingerprint density at radius 1 is 0.897 bits per heavy atom. The summed E-state index contributed by atoms with van der Waals surface area (Å²) >= 11 is 0. The number of hydrogen-bond acceptors (Lipinski definition) is 8. The molecule has 0 saturated carbocycles. The molecule has 1 aliphatic rings. The van der Waals surface area contributed by atoms with E-state index in [4.69, 9.17) is 14.2 Å². The van der Waals surface area contributed by atoms with Crippen molar-refractivity contribution in [3.63, 3.8) is 0 Å². The van der Waals surface area contributed by atoms with E-state index in [1.807, 2.05) is 13.0 Å². The molecule has 2 aromatic carbocycles. The number of methoxy groups -OCH3 is 3. The van der Waals surface area contributed by atoms with E-state index in [0.717, 1.165) is 56.8 Å². The van der Waals surface area contributed by atoms with E-state index in [-0.39, 0.29) is 4.90 Å². The van der Waals surface area contributed by atoms with Crippen molar-refractivity contribution in [1.82, 2.24) is 19.1 Å². The van der Waals surface area contributed by atoms with Crippen molar-refractivity contribution < 1.29 is 22.6 Å². The second kappa shape index (κ2) is 12.9. The molecular formula is C29H40N4O5S. The van der Waals surface area contributed by atoms with Gasteiger partial charge in [-0.2, -0.15) is 0 Å². The zero-order valence-electron chi connectivity index (χ0n) is 23.6. The van der Waals surface area contributed by atoms with Crippen LogP contribution in [0.5, 0.6) is 17.2 Å². The van der Waals surface area contributed by atoms with E-state index in [2.05, 4.69) is 22.2 Å². The highest BCUT2D eigenvalue weighted by Gasteiger charge is 2.24. The minimum atomic E-state index is -3.86. The molecule has 0 radical (unpaired) electrons. The molecule has 39 heavy (non-hydrogen) atoms. The molecule has 1 fully saturated rings. The summed E-state index contributed by atoms with van der Waals surface area (Å²) in [6.07, 6.45) is 2.73. The number of nitrogens with zero attached hydrogens (tertiary/aromatic N) is 3. The maximum atomic E-state index is 13.8. The van der Waals surface area contributed by atoms with Crippen molar-refractivity contribution in [2.45, 2.75) is 24.8 Å². The lowest BCUT2D eigenvalue weighted by atomic mass is 10.1. The minimum Gasteiger partial charge on any atom is -0.493 e. The summed E-state index contributed by atoms with van der Waals surface area (Å²) in [6, 6.07) is 12.3. The molecule has 0 unspecified atom stereocenters. The Morgan fingerprint density at radius 3 is 2.13 bits per heavy atom. The van der Waals surface area contributed by atoms with E-state index in [1.54, 1.807) is 56.8 Å². The highest BCUT2D eigenvalue weighted by atomic mass is 32.2. The molecule has 0 aliphatic carbocycles. The van der Waals surface area contributed by atoms with E-state index in [1.165, 1.54) is 11.1 Å². The highest BCUT2D eigenvalue weighted by molar-refractivity contribution is 7.90. The van der Waals surface area contributed by atoms with Crippen molar-refractivity contribution in [2.24, 2.45) is 0 Å². The fraction of sp³-hybridized carbons (Fsp3) is 0.448. The Kier molecular flexibility index (Phi) is 9.55. The van der Waals surface area contributed by atoms with Crippen LogP contribution in [0, 0.1) is 6.92 Å². The van der Waals surface area contributed by atoms with Gasteiger partial charge in [0.15, 0.2) is 11.5 Å². The summed E-state index contributed by atoms with van der Waals surface area (Å²) in [5.74, 6) is 1.36. The van der Waals surface area contributed by atoms with Crippen molar-refractivity contribution in [3.8, 4) is 28.5 Å². The number of likely N-dealkylation sites (N-methyl/N-ethyl adjacent to an activating group) is 1. The fourth-order valence-electron chi connectivity index (χ4n) is 4.79. The Hall–Kier alpha value is -3.05. The van der Waals surface area contributed by atoms with E-state index in [0.29, 0.717) is 35.1 Å². The van der Waals surface area contributed by atoms with Gasteiger partial charge in [0.05, 0.1) is 31.9 Å². The number of benzene rings is 2. The quantitative estimate of drug-likeness (QED) is 0.340. The molecule has 212 valence electrons. The molecule has 1 N–H and O–H groups in total. The summed E-state index contributed by atoms with van der Waals surface area (Å²) in [5.41, 5.74) is 3.02. The normalized spacial score (nSPS) is 14.9. The van der Waals surface area contributed by atoms with Crippen molar-refractivity contribution in [1.29, 1.82) is 0 Å². The molecule has 3 aromatic rings. The van der Waals surface area contributed by atoms with Gasteiger partial charge in [-0.3, -0.25) is 0 Å². The molecule has 2 heterocycles. The SMILES string of the molecule is COc1cc(-c2cc(CNCCCN3CCN(C)CC3)cn2S(=O)(=O)c2ccc(C)cc2)cc(OC)c1OC. The highest BCUT2D eigenvalue weighted by Crippen LogP contribution is 2.42. The maximum absolute atomic E-state index is 13.8. The molecule has 0 spiro atoms.